The quantitative estimate of drug-likeness (QED) is 0.333. The first-order chi connectivity index (χ1) is 14.0. The van der Waals surface area contributed by atoms with Gasteiger partial charge in [0.2, 0.25) is 0 Å². The van der Waals surface area contributed by atoms with E-state index in [1.807, 2.05) is 25.1 Å². The number of ether oxygens (including phenoxy) is 2. The number of carbonyl (C=O) groups is 1. The highest BCUT2D eigenvalue weighted by atomic mass is 127. The summed E-state index contributed by atoms with van der Waals surface area (Å²) in [6.07, 6.45) is 3.13. The second-order valence-electron chi connectivity index (χ2n) is 7.68. The molecule has 3 N–H and O–H groups in total. The van der Waals surface area contributed by atoms with Gasteiger partial charge >= 0.3 is 6.09 Å². The summed E-state index contributed by atoms with van der Waals surface area (Å²) in [7, 11) is 0. The van der Waals surface area contributed by atoms with Crippen LogP contribution >= 0.6 is 35.6 Å². The van der Waals surface area contributed by atoms with Crippen LogP contribution < -0.4 is 11.1 Å². The molecule has 1 aromatic carbocycles. The number of nitrogens with zero attached hydrogens (tertiary/aromatic N) is 2. The van der Waals surface area contributed by atoms with Gasteiger partial charge in [0.15, 0.2) is 5.96 Å². The smallest absolute Gasteiger partial charge is 0.409 e. The number of aliphatic imine (C=N–C) groups is 1. The van der Waals surface area contributed by atoms with Crippen molar-refractivity contribution in [1.82, 2.24) is 10.2 Å². The second-order valence-corrected chi connectivity index (χ2v) is 8.09. The van der Waals surface area contributed by atoms with Crippen molar-refractivity contribution in [3.05, 3.63) is 34.9 Å². The summed E-state index contributed by atoms with van der Waals surface area (Å²) in [5.74, 6) is 0.442. The topological polar surface area (TPSA) is 89.2 Å². The Labute approximate surface area is 200 Å². The first-order valence-corrected chi connectivity index (χ1v) is 10.7. The van der Waals surface area contributed by atoms with Crippen molar-refractivity contribution >= 4 is 47.6 Å². The highest BCUT2D eigenvalue weighted by molar-refractivity contribution is 14.0. The first kappa shape index (κ1) is 25.0. The normalized spacial score (nSPS) is 19.7. The molecular formula is C21H32ClIN4O3. The monoisotopic (exact) mass is 550 g/mol. The number of hydrogen-bond donors (Lipinski definition) is 2. The Morgan fingerprint density at radius 3 is 2.63 bits per heavy atom. The highest BCUT2D eigenvalue weighted by Gasteiger charge is 2.36. The predicted molar refractivity (Wildman–Crippen MR) is 130 cm³/mol. The highest BCUT2D eigenvalue weighted by Crippen LogP contribution is 2.38. The van der Waals surface area contributed by atoms with Crippen molar-refractivity contribution in [2.75, 3.05) is 39.5 Å². The fraction of sp³-hybridized carbons (Fsp3) is 0.619. The summed E-state index contributed by atoms with van der Waals surface area (Å²) in [4.78, 5) is 18.2. The van der Waals surface area contributed by atoms with Crippen molar-refractivity contribution in [2.45, 2.75) is 44.1 Å². The van der Waals surface area contributed by atoms with Crippen molar-refractivity contribution in [2.24, 2.45) is 10.7 Å². The zero-order chi connectivity index (χ0) is 20.7. The maximum atomic E-state index is 11.8. The van der Waals surface area contributed by atoms with Crippen LogP contribution in [0.15, 0.2) is 29.3 Å². The molecule has 30 heavy (non-hydrogen) atoms. The van der Waals surface area contributed by atoms with Gasteiger partial charge < -0.3 is 25.4 Å². The van der Waals surface area contributed by atoms with Gasteiger partial charge in [0, 0.05) is 42.8 Å². The van der Waals surface area contributed by atoms with Gasteiger partial charge in [-0.15, -0.1) is 24.0 Å². The van der Waals surface area contributed by atoms with Crippen LogP contribution in [0.5, 0.6) is 0 Å². The summed E-state index contributed by atoms with van der Waals surface area (Å²) < 4.78 is 10.6. The average Bonchev–Trinajstić information content (AvgIpc) is 2.74. The molecule has 0 atom stereocenters. The van der Waals surface area contributed by atoms with E-state index in [0.29, 0.717) is 45.4 Å². The third-order valence-electron chi connectivity index (χ3n) is 5.82. The predicted octanol–water partition coefficient (Wildman–Crippen LogP) is 3.53. The number of nitrogens with one attached hydrogen (secondary N) is 1. The number of nitrogens with two attached hydrogens (primary N) is 1. The van der Waals surface area contributed by atoms with Gasteiger partial charge in [-0.25, -0.2) is 4.79 Å². The molecule has 2 fully saturated rings. The molecule has 0 bridgehead atoms. The molecule has 0 spiro atoms. The Hall–Kier alpha value is -1.26. The summed E-state index contributed by atoms with van der Waals surface area (Å²) in [5.41, 5.74) is 7.17. The zero-order valence-electron chi connectivity index (χ0n) is 17.4. The van der Waals surface area contributed by atoms with Gasteiger partial charge in [-0.05, 0) is 44.2 Å². The van der Waals surface area contributed by atoms with E-state index in [2.05, 4.69) is 16.4 Å². The number of piperidine rings is 1. The number of likely N-dealkylation sites (tertiary alicyclic amines) is 1. The molecule has 0 aliphatic carbocycles. The standard InChI is InChI=1S/C21H31ClN4O3.HI/c1-2-29-20(27)26-11-7-16(8-12-26)25-19(23)24-15-21(9-13-28-14-10-21)17-5-3-4-6-18(17)22;/h3-6,16H,2,7-15H2,1H3,(H3,23,24,25);1H. The third-order valence-corrected chi connectivity index (χ3v) is 6.15. The molecule has 2 aliphatic heterocycles. The van der Waals surface area contributed by atoms with E-state index in [-0.39, 0.29) is 41.5 Å². The Morgan fingerprint density at radius 2 is 2.00 bits per heavy atom. The van der Waals surface area contributed by atoms with Gasteiger partial charge in [-0.1, -0.05) is 29.8 Å². The van der Waals surface area contributed by atoms with Crippen LogP contribution in [0.3, 0.4) is 0 Å². The van der Waals surface area contributed by atoms with Crippen molar-refractivity contribution in [3.63, 3.8) is 0 Å². The van der Waals surface area contributed by atoms with E-state index in [1.165, 1.54) is 0 Å². The zero-order valence-corrected chi connectivity index (χ0v) is 20.5. The lowest BCUT2D eigenvalue weighted by Crippen LogP contribution is -2.49. The van der Waals surface area contributed by atoms with Crippen LogP contribution in [-0.2, 0) is 14.9 Å². The molecular weight excluding hydrogens is 519 g/mol. The van der Waals surface area contributed by atoms with Gasteiger partial charge in [0.25, 0.3) is 0 Å². The molecule has 1 aromatic rings. The van der Waals surface area contributed by atoms with Gasteiger partial charge in [0.1, 0.15) is 0 Å². The van der Waals surface area contributed by atoms with Crippen LogP contribution in [0.25, 0.3) is 0 Å². The maximum absolute atomic E-state index is 11.8. The SMILES string of the molecule is CCOC(=O)N1CCC(NC(N)=NCC2(c3ccccc3Cl)CCOCC2)CC1.I. The maximum Gasteiger partial charge on any atom is 0.409 e. The molecule has 9 heteroatoms. The average molecular weight is 551 g/mol. The molecule has 0 saturated carbocycles. The lowest BCUT2D eigenvalue weighted by atomic mass is 9.74. The number of amides is 1. The summed E-state index contributed by atoms with van der Waals surface area (Å²) in [5, 5.41) is 4.08. The van der Waals surface area contributed by atoms with E-state index in [0.717, 1.165) is 36.3 Å². The van der Waals surface area contributed by atoms with Crippen LogP contribution in [-0.4, -0.2) is 62.4 Å². The molecule has 3 rings (SSSR count). The van der Waals surface area contributed by atoms with Crippen molar-refractivity contribution in [3.8, 4) is 0 Å². The van der Waals surface area contributed by atoms with Crippen LogP contribution in [0.1, 0.15) is 38.2 Å². The number of rotatable bonds is 5. The van der Waals surface area contributed by atoms with Gasteiger partial charge in [0.05, 0.1) is 13.2 Å². The van der Waals surface area contributed by atoms with E-state index in [1.54, 1.807) is 4.90 Å². The van der Waals surface area contributed by atoms with Crippen LogP contribution in [0.2, 0.25) is 5.02 Å². The number of halogens is 2. The lowest BCUT2D eigenvalue weighted by Gasteiger charge is -2.37. The third kappa shape index (κ3) is 6.37. The van der Waals surface area contributed by atoms with E-state index in [9.17, 15) is 4.79 Å². The van der Waals surface area contributed by atoms with Crippen molar-refractivity contribution < 1.29 is 14.3 Å². The number of hydrogen-bond acceptors (Lipinski definition) is 4. The molecule has 2 heterocycles. The molecule has 7 nitrogen and oxygen atoms in total. The summed E-state index contributed by atoms with van der Waals surface area (Å²) in [6, 6.07) is 8.17. The van der Waals surface area contributed by atoms with E-state index < -0.39 is 0 Å². The summed E-state index contributed by atoms with van der Waals surface area (Å²) in [6.45, 7) is 5.49. The second kappa shape index (κ2) is 12.0. The van der Waals surface area contributed by atoms with Crippen molar-refractivity contribution in [1.29, 1.82) is 0 Å². The number of guanidine groups is 1. The molecule has 0 radical (unpaired) electrons. The Morgan fingerprint density at radius 1 is 1.33 bits per heavy atom. The molecule has 2 aliphatic rings. The first-order valence-electron chi connectivity index (χ1n) is 10.3. The number of carbonyl (C=O) groups excluding carboxylic acids is 1. The van der Waals surface area contributed by atoms with Crippen LogP contribution in [0, 0.1) is 0 Å². The summed E-state index contributed by atoms with van der Waals surface area (Å²) >= 11 is 6.50. The molecule has 168 valence electrons. The number of benzene rings is 1. The molecule has 0 unspecified atom stereocenters. The minimum absolute atomic E-state index is 0. The Bertz CT molecular complexity index is 720. The minimum Gasteiger partial charge on any atom is -0.450 e. The fourth-order valence-corrected chi connectivity index (χ4v) is 4.41. The van der Waals surface area contributed by atoms with E-state index in [4.69, 9.17) is 26.8 Å². The lowest BCUT2D eigenvalue weighted by molar-refractivity contribution is 0.0531. The molecule has 1 amide bonds. The fourth-order valence-electron chi connectivity index (χ4n) is 4.08. The minimum atomic E-state index is -0.242. The molecule has 2 saturated heterocycles. The Balaban J connectivity index is 0.00000320. The largest absolute Gasteiger partial charge is 0.450 e. The van der Waals surface area contributed by atoms with Gasteiger partial charge in [-0.3, -0.25) is 4.99 Å². The van der Waals surface area contributed by atoms with Gasteiger partial charge in [-0.2, -0.15) is 0 Å². The van der Waals surface area contributed by atoms with E-state index >= 15 is 0 Å². The Kier molecular flexibility index (Phi) is 9.96. The van der Waals surface area contributed by atoms with Crippen LogP contribution in [0.4, 0.5) is 4.79 Å². The molecule has 0 aromatic heterocycles.